The van der Waals surface area contributed by atoms with Gasteiger partial charge in [-0.15, -0.1) is 11.6 Å². The molecule has 1 aromatic carbocycles. The maximum absolute atomic E-state index is 11.7. The van der Waals surface area contributed by atoms with E-state index in [2.05, 4.69) is 4.72 Å². The molecule has 0 aromatic heterocycles. The van der Waals surface area contributed by atoms with Crippen LogP contribution in [-0.2, 0) is 16.4 Å². The van der Waals surface area contributed by atoms with Gasteiger partial charge in [0.15, 0.2) is 0 Å². The third-order valence-electron chi connectivity index (χ3n) is 2.66. The van der Waals surface area contributed by atoms with Crippen LogP contribution in [-0.4, -0.2) is 25.6 Å². The molecule has 0 saturated carbocycles. The minimum Gasteiger partial charge on any atom is -0.212 e. The highest BCUT2D eigenvalue weighted by Gasteiger charge is 2.24. The second-order valence-electron chi connectivity index (χ2n) is 4.98. The lowest BCUT2D eigenvalue weighted by molar-refractivity contribution is 0.422. The van der Waals surface area contributed by atoms with E-state index >= 15 is 0 Å². The van der Waals surface area contributed by atoms with Crippen molar-refractivity contribution >= 4 is 21.6 Å². The molecule has 0 aliphatic rings. The van der Waals surface area contributed by atoms with Crippen LogP contribution in [0.15, 0.2) is 30.3 Å². The first-order valence-corrected chi connectivity index (χ1v) is 8.15. The molecule has 0 radical (unpaired) electrons. The third-order valence-corrected chi connectivity index (χ3v) is 4.68. The molecule has 102 valence electrons. The van der Waals surface area contributed by atoms with Gasteiger partial charge in [-0.1, -0.05) is 30.3 Å². The van der Waals surface area contributed by atoms with E-state index in [1.54, 1.807) is 0 Å². The summed E-state index contributed by atoms with van der Waals surface area (Å²) in [5, 5.41) is 0. The molecule has 0 saturated heterocycles. The Morgan fingerprint density at radius 3 is 2.39 bits per heavy atom. The minimum atomic E-state index is -3.28. The minimum absolute atomic E-state index is 0.0384. The molecular weight excluding hydrogens is 270 g/mol. The second-order valence-corrected chi connectivity index (χ2v) is 7.20. The molecule has 0 aliphatic carbocycles. The molecular formula is C13H20ClNO2S. The molecule has 0 bridgehead atoms. The van der Waals surface area contributed by atoms with Gasteiger partial charge in [0.2, 0.25) is 10.0 Å². The maximum Gasteiger partial charge on any atom is 0.213 e. The van der Waals surface area contributed by atoms with Crippen molar-refractivity contribution in [3.05, 3.63) is 35.9 Å². The van der Waals surface area contributed by atoms with E-state index in [4.69, 9.17) is 11.6 Å². The third kappa shape index (κ3) is 5.85. The Morgan fingerprint density at radius 1 is 1.22 bits per heavy atom. The van der Waals surface area contributed by atoms with Crippen molar-refractivity contribution in [2.75, 3.05) is 11.6 Å². The zero-order chi connectivity index (χ0) is 13.6. The summed E-state index contributed by atoms with van der Waals surface area (Å²) in [7, 11) is -3.28. The van der Waals surface area contributed by atoms with Crippen LogP contribution in [0.2, 0.25) is 0 Å². The summed E-state index contributed by atoms with van der Waals surface area (Å²) in [4.78, 5) is 0. The average molecular weight is 290 g/mol. The molecule has 5 heteroatoms. The zero-order valence-corrected chi connectivity index (χ0v) is 12.4. The monoisotopic (exact) mass is 289 g/mol. The smallest absolute Gasteiger partial charge is 0.212 e. The molecule has 3 nitrogen and oxygen atoms in total. The maximum atomic E-state index is 11.7. The summed E-state index contributed by atoms with van der Waals surface area (Å²) in [5.41, 5.74) is 0.753. The lowest BCUT2D eigenvalue weighted by atomic mass is 9.97. The number of alkyl halides is 1. The van der Waals surface area contributed by atoms with Crippen molar-refractivity contribution in [2.24, 2.45) is 0 Å². The molecule has 0 aliphatic heterocycles. The largest absolute Gasteiger partial charge is 0.213 e. The second kappa shape index (κ2) is 6.55. The molecule has 0 heterocycles. The van der Waals surface area contributed by atoms with Crippen LogP contribution in [0.5, 0.6) is 0 Å². The Bertz CT molecular complexity index is 457. The molecule has 0 fully saturated rings. The standard InChI is InChI=1S/C13H20ClNO2S/c1-13(2,15-18(16,17)11-10-14)9-8-12-6-4-3-5-7-12/h3-7,15H,8-11H2,1-2H3. The topological polar surface area (TPSA) is 46.2 Å². The molecule has 1 rings (SSSR count). The van der Waals surface area contributed by atoms with Crippen molar-refractivity contribution in [3.63, 3.8) is 0 Å². The van der Waals surface area contributed by atoms with Gasteiger partial charge in [0.25, 0.3) is 0 Å². The fraction of sp³-hybridized carbons (Fsp3) is 0.538. The number of benzene rings is 1. The van der Waals surface area contributed by atoms with Crippen LogP contribution < -0.4 is 4.72 Å². The van der Waals surface area contributed by atoms with E-state index in [-0.39, 0.29) is 11.6 Å². The fourth-order valence-electron chi connectivity index (χ4n) is 1.73. The van der Waals surface area contributed by atoms with E-state index < -0.39 is 15.6 Å². The van der Waals surface area contributed by atoms with E-state index in [0.717, 1.165) is 12.8 Å². The van der Waals surface area contributed by atoms with Crippen LogP contribution in [0.4, 0.5) is 0 Å². The zero-order valence-electron chi connectivity index (χ0n) is 10.8. The van der Waals surface area contributed by atoms with Gasteiger partial charge in [-0.25, -0.2) is 13.1 Å². The Morgan fingerprint density at radius 2 is 1.83 bits per heavy atom. The van der Waals surface area contributed by atoms with Gasteiger partial charge in [-0.3, -0.25) is 0 Å². The van der Waals surface area contributed by atoms with Gasteiger partial charge in [-0.05, 0) is 32.3 Å². The highest BCUT2D eigenvalue weighted by atomic mass is 35.5. The van der Waals surface area contributed by atoms with Crippen LogP contribution in [0.1, 0.15) is 25.8 Å². The lowest BCUT2D eigenvalue weighted by Gasteiger charge is -2.25. The van der Waals surface area contributed by atoms with E-state index in [9.17, 15) is 8.42 Å². The van der Waals surface area contributed by atoms with Gasteiger partial charge in [0, 0.05) is 11.4 Å². The number of hydrogen-bond acceptors (Lipinski definition) is 2. The van der Waals surface area contributed by atoms with Crippen molar-refractivity contribution < 1.29 is 8.42 Å². The van der Waals surface area contributed by atoms with E-state index in [1.165, 1.54) is 5.56 Å². The van der Waals surface area contributed by atoms with Gasteiger partial charge >= 0.3 is 0 Å². The van der Waals surface area contributed by atoms with Gasteiger partial charge in [0.1, 0.15) is 0 Å². The highest BCUT2D eigenvalue weighted by molar-refractivity contribution is 7.89. The normalized spacial score (nSPS) is 12.6. The fourth-order valence-corrected chi connectivity index (χ4v) is 3.58. The van der Waals surface area contributed by atoms with Crippen LogP contribution in [0.25, 0.3) is 0 Å². The van der Waals surface area contributed by atoms with E-state index in [1.807, 2.05) is 44.2 Å². The number of nitrogens with one attached hydrogen (secondary N) is 1. The van der Waals surface area contributed by atoms with Crippen LogP contribution in [0.3, 0.4) is 0 Å². The SMILES string of the molecule is CC(C)(CCc1ccccc1)NS(=O)(=O)CCCl. The Balaban J connectivity index is 2.55. The van der Waals surface area contributed by atoms with Gasteiger partial charge < -0.3 is 0 Å². The highest BCUT2D eigenvalue weighted by Crippen LogP contribution is 2.15. The molecule has 1 aromatic rings. The number of sulfonamides is 1. The van der Waals surface area contributed by atoms with Crippen LogP contribution >= 0.6 is 11.6 Å². The van der Waals surface area contributed by atoms with Gasteiger partial charge in [0.05, 0.1) is 5.75 Å². The van der Waals surface area contributed by atoms with Crippen molar-refractivity contribution in [3.8, 4) is 0 Å². The summed E-state index contributed by atoms with van der Waals surface area (Å²) in [5.74, 6) is 0.0768. The Labute approximate surface area is 115 Å². The number of rotatable bonds is 7. The average Bonchev–Trinajstić information content (AvgIpc) is 2.26. The molecule has 18 heavy (non-hydrogen) atoms. The first-order chi connectivity index (χ1) is 8.35. The molecule has 0 atom stereocenters. The number of aryl methyl sites for hydroxylation is 1. The molecule has 0 unspecified atom stereocenters. The first kappa shape index (κ1) is 15.5. The Hall–Kier alpha value is -0.580. The predicted octanol–water partition coefficient (Wildman–Crippen LogP) is 2.56. The summed E-state index contributed by atoms with van der Waals surface area (Å²) in [6.07, 6.45) is 1.59. The summed E-state index contributed by atoms with van der Waals surface area (Å²) < 4.78 is 26.0. The van der Waals surface area contributed by atoms with Crippen molar-refractivity contribution in [2.45, 2.75) is 32.2 Å². The first-order valence-electron chi connectivity index (χ1n) is 5.96. The predicted molar refractivity (Wildman–Crippen MR) is 76.5 cm³/mol. The summed E-state index contributed by atoms with van der Waals surface area (Å²) in [6.45, 7) is 3.78. The van der Waals surface area contributed by atoms with Crippen LogP contribution in [0, 0.1) is 0 Å². The molecule has 0 amide bonds. The molecule has 0 spiro atoms. The number of hydrogen-bond donors (Lipinski definition) is 1. The Kier molecular flexibility index (Phi) is 5.63. The van der Waals surface area contributed by atoms with Crippen molar-refractivity contribution in [1.82, 2.24) is 4.72 Å². The molecule has 1 N–H and O–H groups in total. The van der Waals surface area contributed by atoms with E-state index in [0.29, 0.717) is 0 Å². The number of halogens is 1. The summed E-state index contributed by atoms with van der Waals surface area (Å²) >= 11 is 5.47. The lowest BCUT2D eigenvalue weighted by Crippen LogP contribution is -2.44. The van der Waals surface area contributed by atoms with Crippen molar-refractivity contribution in [1.29, 1.82) is 0 Å². The quantitative estimate of drug-likeness (QED) is 0.784. The summed E-state index contributed by atoms with van der Waals surface area (Å²) in [6, 6.07) is 10.0. The van der Waals surface area contributed by atoms with Gasteiger partial charge in [-0.2, -0.15) is 0 Å².